The number of methoxy groups -OCH3 is 1. The molecule has 172 valence electrons. The number of hydrogen-bond donors (Lipinski definition) is 1. The summed E-state index contributed by atoms with van der Waals surface area (Å²) >= 11 is 8.77. The molecule has 1 saturated heterocycles. The average Bonchev–Trinajstić information content (AvgIpc) is 2.81. The summed E-state index contributed by atoms with van der Waals surface area (Å²) in [6, 6.07) is 20.4. The van der Waals surface area contributed by atoms with Crippen molar-refractivity contribution in [2.45, 2.75) is 13.5 Å². The maximum Gasteiger partial charge on any atom is 0.270 e. The van der Waals surface area contributed by atoms with Gasteiger partial charge in [-0.15, -0.1) is 0 Å². The molecule has 1 aliphatic rings. The summed E-state index contributed by atoms with van der Waals surface area (Å²) in [5.74, 6) is -0.0718. The predicted molar refractivity (Wildman–Crippen MR) is 139 cm³/mol. The number of halogens is 1. The number of nitrogens with zero attached hydrogens (tertiary/aromatic N) is 1. The Kier molecular flexibility index (Phi) is 7.09. The molecule has 8 heteroatoms. The van der Waals surface area contributed by atoms with Gasteiger partial charge < -0.3 is 9.47 Å². The number of hydrogen-bond acceptors (Lipinski definition) is 5. The van der Waals surface area contributed by atoms with E-state index in [1.807, 2.05) is 31.2 Å². The standard InChI is InChI=1S/C26H21BrN2O4S/c1-16-7-6-8-17(11-16)15-33-23-21(27)13-18(14-22(23)32-2)12-20-24(30)28-26(34)29(25(20)31)19-9-4-3-5-10-19/h3-14H,15H2,1-2H3,(H,28,30,34)/b20-12-. The van der Waals surface area contributed by atoms with E-state index in [9.17, 15) is 9.59 Å². The zero-order valence-electron chi connectivity index (χ0n) is 18.5. The molecule has 4 rings (SSSR count). The Labute approximate surface area is 211 Å². The lowest BCUT2D eigenvalue weighted by Gasteiger charge is -2.28. The summed E-state index contributed by atoms with van der Waals surface area (Å²) in [4.78, 5) is 27.1. The highest BCUT2D eigenvalue weighted by molar-refractivity contribution is 9.10. The quantitative estimate of drug-likeness (QED) is 0.267. The molecule has 0 aromatic heterocycles. The minimum atomic E-state index is -0.558. The van der Waals surface area contributed by atoms with Gasteiger partial charge in [0.1, 0.15) is 12.2 Å². The van der Waals surface area contributed by atoms with Crippen LogP contribution in [0.1, 0.15) is 16.7 Å². The minimum absolute atomic E-state index is 0.0389. The number of ether oxygens (including phenoxy) is 2. The van der Waals surface area contributed by atoms with Crippen LogP contribution < -0.4 is 19.7 Å². The number of carbonyl (C=O) groups is 2. The smallest absolute Gasteiger partial charge is 0.270 e. The van der Waals surface area contributed by atoms with Crippen molar-refractivity contribution in [3.8, 4) is 11.5 Å². The van der Waals surface area contributed by atoms with Gasteiger partial charge in [0.2, 0.25) is 0 Å². The van der Waals surface area contributed by atoms with Crippen LogP contribution in [0.25, 0.3) is 6.08 Å². The molecule has 0 unspecified atom stereocenters. The molecule has 1 heterocycles. The van der Waals surface area contributed by atoms with Crippen LogP contribution in [0, 0.1) is 6.92 Å². The van der Waals surface area contributed by atoms with Gasteiger partial charge in [0.05, 0.1) is 17.3 Å². The highest BCUT2D eigenvalue weighted by Crippen LogP contribution is 2.38. The molecular formula is C26H21BrN2O4S. The van der Waals surface area contributed by atoms with E-state index in [4.69, 9.17) is 21.7 Å². The van der Waals surface area contributed by atoms with Crippen LogP contribution in [0.3, 0.4) is 0 Å². The van der Waals surface area contributed by atoms with Crippen molar-refractivity contribution in [3.05, 3.63) is 93.5 Å². The first-order chi connectivity index (χ1) is 16.4. The Bertz CT molecular complexity index is 1310. The lowest BCUT2D eigenvalue weighted by molar-refractivity contribution is -0.122. The van der Waals surface area contributed by atoms with E-state index in [1.54, 1.807) is 36.4 Å². The van der Waals surface area contributed by atoms with Crippen LogP contribution in [0.15, 0.2) is 76.8 Å². The molecule has 2 amide bonds. The molecular weight excluding hydrogens is 516 g/mol. The monoisotopic (exact) mass is 536 g/mol. The van der Waals surface area contributed by atoms with Gasteiger partial charge in [-0.05, 0) is 76.5 Å². The number of carbonyl (C=O) groups excluding carboxylic acids is 2. The van der Waals surface area contributed by atoms with Crippen molar-refractivity contribution in [3.63, 3.8) is 0 Å². The molecule has 3 aromatic carbocycles. The highest BCUT2D eigenvalue weighted by atomic mass is 79.9. The SMILES string of the molecule is COc1cc(/C=C2/C(=O)NC(=S)N(c3ccccc3)C2=O)cc(Br)c1OCc1cccc(C)c1. The fraction of sp³-hybridized carbons (Fsp3) is 0.115. The maximum absolute atomic E-state index is 13.2. The van der Waals surface area contributed by atoms with Gasteiger partial charge in [-0.25, -0.2) is 0 Å². The summed E-state index contributed by atoms with van der Waals surface area (Å²) in [6.45, 7) is 2.39. The van der Waals surface area contributed by atoms with E-state index in [0.29, 0.717) is 33.8 Å². The van der Waals surface area contributed by atoms with E-state index in [-0.39, 0.29) is 10.7 Å². The fourth-order valence-corrected chi connectivity index (χ4v) is 4.41. The Hall–Kier alpha value is -3.49. The third kappa shape index (κ3) is 5.03. The van der Waals surface area contributed by atoms with Gasteiger partial charge in [-0.1, -0.05) is 48.0 Å². The third-order valence-corrected chi connectivity index (χ3v) is 6.02. The third-order valence-electron chi connectivity index (χ3n) is 5.14. The number of nitrogens with one attached hydrogen (secondary N) is 1. The molecule has 0 aliphatic carbocycles. The predicted octanol–water partition coefficient (Wildman–Crippen LogP) is 5.18. The molecule has 1 N–H and O–H groups in total. The average molecular weight is 537 g/mol. The largest absolute Gasteiger partial charge is 0.493 e. The van der Waals surface area contributed by atoms with Crippen LogP contribution in [-0.4, -0.2) is 24.0 Å². The van der Waals surface area contributed by atoms with Crippen LogP contribution in [0.4, 0.5) is 5.69 Å². The number of anilines is 1. The van der Waals surface area contributed by atoms with E-state index in [2.05, 4.69) is 27.3 Å². The Morgan fingerprint density at radius 3 is 2.53 bits per heavy atom. The topological polar surface area (TPSA) is 67.9 Å². The normalized spacial score (nSPS) is 14.9. The number of para-hydroxylation sites is 1. The van der Waals surface area contributed by atoms with Gasteiger partial charge in [-0.2, -0.15) is 0 Å². The molecule has 0 spiro atoms. The number of amides is 2. The summed E-state index contributed by atoms with van der Waals surface area (Å²) in [5.41, 5.74) is 3.29. The number of aryl methyl sites for hydroxylation is 1. The summed E-state index contributed by atoms with van der Waals surface area (Å²) in [7, 11) is 1.53. The van der Waals surface area contributed by atoms with Gasteiger partial charge in [0.15, 0.2) is 16.6 Å². The lowest BCUT2D eigenvalue weighted by Crippen LogP contribution is -2.54. The van der Waals surface area contributed by atoms with E-state index >= 15 is 0 Å². The molecule has 6 nitrogen and oxygen atoms in total. The summed E-state index contributed by atoms with van der Waals surface area (Å²) in [5, 5.41) is 2.63. The molecule has 1 fully saturated rings. The summed E-state index contributed by atoms with van der Waals surface area (Å²) in [6.07, 6.45) is 1.51. The minimum Gasteiger partial charge on any atom is -0.493 e. The number of thiocarbonyl (C=S) groups is 1. The zero-order chi connectivity index (χ0) is 24.2. The first-order valence-electron chi connectivity index (χ1n) is 10.4. The van der Waals surface area contributed by atoms with Crippen molar-refractivity contribution >= 4 is 56.8 Å². The Morgan fingerprint density at radius 1 is 1.06 bits per heavy atom. The van der Waals surface area contributed by atoms with Crippen molar-refractivity contribution in [2.24, 2.45) is 0 Å². The van der Waals surface area contributed by atoms with Gasteiger partial charge in [0.25, 0.3) is 11.8 Å². The van der Waals surface area contributed by atoms with Gasteiger partial charge >= 0.3 is 0 Å². The second kappa shape index (κ2) is 10.2. The van der Waals surface area contributed by atoms with Crippen LogP contribution in [0.2, 0.25) is 0 Å². The maximum atomic E-state index is 13.2. The van der Waals surface area contributed by atoms with Crippen molar-refractivity contribution < 1.29 is 19.1 Å². The highest BCUT2D eigenvalue weighted by Gasteiger charge is 2.34. The Balaban J connectivity index is 1.64. The van der Waals surface area contributed by atoms with Crippen LogP contribution in [-0.2, 0) is 16.2 Å². The van der Waals surface area contributed by atoms with E-state index in [0.717, 1.165) is 11.1 Å². The fourth-order valence-electron chi connectivity index (χ4n) is 3.56. The molecule has 1 aliphatic heterocycles. The Morgan fingerprint density at radius 2 is 1.82 bits per heavy atom. The van der Waals surface area contributed by atoms with E-state index in [1.165, 1.54) is 18.1 Å². The molecule has 0 radical (unpaired) electrons. The molecule has 0 saturated carbocycles. The van der Waals surface area contributed by atoms with Crippen molar-refractivity contribution in [2.75, 3.05) is 12.0 Å². The number of rotatable bonds is 6. The summed E-state index contributed by atoms with van der Waals surface area (Å²) < 4.78 is 12.2. The van der Waals surface area contributed by atoms with Gasteiger partial charge in [-0.3, -0.25) is 19.8 Å². The first-order valence-corrected chi connectivity index (χ1v) is 11.6. The zero-order valence-corrected chi connectivity index (χ0v) is 20.9. The molecule has 0 atom stereocenters. The van der Waals surface area contributed by atoms with Gasteiger partial charge in [0, 0.05) is 0 Å². The second-order valence-electron chi connectivity index (χ2n) is 7.61. The lowest BCUT2D eigenvalue weighted by atomic mass is 10.1. The van der Waals surface area contributed by atoms with E-state index < -0.39 is 11.8 Å². The van der Waals surface area contributed by atoms with Crippen molar-refractivity contribution in [1.82, 2.24) is 5.32 Å². The van der Waals surface area contributed by atoms with Crippen LogP contribution >= 0.6 is 28.1 Å². The molecule has 34 heavy (non-hydrogen) atoms. The number of benzene rings is 3. The molecule has 3 aromatic rings. The van der Waals surface area contributed by atoms with Crippen molar-refractivity contribution in [1.29, 1.82) is 0 Å². The first kappa shape index (κ1) is 23.7. The second-order valence-corrected chi connectivity index (χ2v) is 8.85. The molecule has 0 bridgehead atoms. The van der Waals surface area contributed by atoms with Crippen LogP contribution in [0.5, 0.6) is 11.5 Å².